The highest BCUT2D eigenvalue weighted by molar-refractivity contribution is 5.88. The average molecular weight is 364 g/mol. The largest absolute Gasteiger partial charge is 0.381 e. The molecule has 1 atom stereocenters. The van der Waals surface area contributed by atoms with E-state index in [0.29, 0.717) is 45.2 Å². The fraction of sp³-hybridized carbons (Fsp3) is 0.722. The first-order valence-electron chi connectivity index (χ1n) is 9.24. The van der Waals surface area contributed by atoms with E-state index in [9.17, 15) is 9.59 Å². The second kappa shape index (κ2) is 7.65. The predicted octanol–water partition coefficient (Wildman–Crippen LogP) is 2.07. The Morgan fingerprint density at radius 1 is 1.19 bits per heavy atom. The van der Waals surface area contributed by atoms with Gasteiger partial charge in [0.1, 0.15) is 5.76 Å². The summed E-state index contributed by atoms with van der Waals surface area (Å²) in [7, 11) is 0. The normalized spacial score (nSPS) is 21.6. The number of anilines is 1. The van der Waals surface area contributed by atoms with Crippen LogP contribution in [-0.4, -0.2) is 66.3 Å². The Bertz CT molecular complexity index is 646. The summed E-state index contributed by atoms with van der Waals surface area (Å²) in [4.78, 5) is 28.6. The summed E-state index contributed by atoms with van der Waals surface area (Å²) >= 11 is 0. The van der Waals surface area contributed by atoms with E-state index in [1.807, 2.05) is 25.7 Å². The standard InChI is InChI=1S/C18H28N4O4/c1-18(2,3)14-11-15(20-26-14)19-17(24)22-7-4-6-21(8-9-22)16(23)13-5-10-25-12-13/h11,13H,4-10,12H2,1-3H3,(H,19,20,24). The summed E-state index contributed by atoms with van der Waals surface area (Å²) in [5.41, 5.74) is -0.163. The number of hydrogen-bond donors (Lipinski definition) is 1. The SMILES string of the molecule is CC(C)(C)c1cc(NC(=O)N2CCCN(C(=O)C3CCOC3)CC2)no1. The molecule has 144 valence electrons. The van der Waals surface area contributed by atoms with Gasteiger partial charge in [0.05, 0.1) is 12.5 Å². The Morgan fingerprint density at radius 3 is 2.58 bits per heavy atom. The van der Waals surface area contributed by atoms with E-state index in [4.69, 9.17) is 9.26 Å². The van der Waals surface area contributed by atoms with Crippen molar-refractivity contribution < 1.29 is 18.8 Å². The summed E-state index contributed by atoms with van der Waals surface area (Å²) in [6.07, 6.45) is 1.56. The quantitative estimate of drug-likeness (QED) is 0.868. The lowest BCUT2D eigenvalue weighted by Crippen LogP contribution is -2.41. The minimum atomic E-state index is -0.211. The minimum absolute atomic E-state index is 0.0265. The van der Waals surface area contributed by atoms with E-state index < -0.39 is 0 Å². The summed E-state index contributed by atoms with van der Waals surface area (Å²) in [5.74, 6) is 1.26. The van der Waals surface area contributed by atoms with Gasteiger partial charge in [0.25, 0.3) is 0 Å². The molecule has 8 heteroatoms. The molecule has 2 fully saturated rings. The number of aromatic nitrogens is 1. The third-order valence-electron chi connectivity index (χ3n) is 4.86. The van der Waals surface area contributed by atoms with Gasteiger partial charge in [-0.2, -0.15) is 0 Å². The molecule has 2 saturated heterocycles. The van der Waals surface area contributed by atoms with Crippen LogP contribution in [0.2, 0.25) is 0 Å². The van der Waals surface area contributed by atoms with Crippen molar-refractivity contribution in [2.24, 2.45) is 5.92 Å². The maximum Gasteiger partial charge on any atom is 0.323 e. The highest BCUT2D eigenvalue weighted by Gasteiger charge is 2.30. The molecule has 0 radical (unpaired) electrons. The molecule has 3 heterocycles. The first kappa shape index (κ1) is 18.7. The Kier molecular flexibility index (Phi) is 5.50. The van der Waals surface area contributed by atoms with Crippen LogP contribution in [-0.2, 0) is 14.9 Å². The Labute approximate surface area is 153 Å². The van der Waals surface area contributed by atoms with Gasteiger partial charge in [-0.05, 0) is 12.8 Å². The van der Waals surface area contributed by atoms with Crippen molar-refractivity contribution in [3.05, 3.63) is 11.8 Å². The van der Waals surface area contributed by atoms with Gasteiger partial charge < -0.3 is 19.1 Å². The molecular formula is C18H28N4O4. The molecule has 26 heavy (non-hydrogen) atoms. The van der Waals surface area contributed by atoms with Gasteiger partial charge in [-0.15, -0.1) is 0 Å². The minimum Gasteiger partial charge on any atom is -0.381 e. The average Bonchev–Trinajstić information content (AvgIpc) is 3.21. The summed E-state index contributed by atoms with van der Waals surface area (Å²) in [6.45, 7) is 9.59. The molecule has 8 nitrogen and oxygen atoms in total. The number of nitrogens with one attached hydrogen (secondary N) is 1. The van der Waals surface area contributed by atoms with Crippen LogP contribution in [0, 0.1) is 5.92 Å². The third kappa shape index (κ3) is 4.35. The Hall–Kier alpha value is -2.09. The highest BCUT2D eigenvalue weighted by atomic mass is 16.5. The predicted molar refractivity (Wildman–Crippen MR) is 95.9 cm³/mol. The summed E-state index contributed by atoms with van der Waals surface area (Å²) in [5, 5.41) is 6.71. The van der Waals surface area contributed by atoms with Crippen LogP contribution in [0.5, 0.6) is 0 Å². The van der Waals surface area contributed by atoms with E-state index in [2.05, 4.69) is 10.5 Å². The zero-order valence-electron chi connectivity index (χ0n) is 15.8. The van der Waals surface area contributed by atoms with E-state index in [0.717, 1.165) is 18.6 Å². The fourth-order valence-corrected chi connectivity index (χ4v) is 3.20. The van der Waals surface area contributed by atoms with Gasteiger partial charge in [-0.1, -0.05) is 25.9 Å². The molecule has 3 rings (SSSR count). The van der Waals surface area contributed by atoms with Gasteiger partial charge in [0.15, 0.2) is 5.82 Å². The number of urea groups is 1. The molecule has 0 spiro atoms. The van der Waals surface area contributed by atoms with Crippen molar-refractivity contribution in [3.8, 4) is 0 Å². The molecule has 0 saturated carbocycles. The van der Waals surface area contributed by atoms with Gasteiger partial charge in [0, 0.05) is 44.3 Å². The van der Waals surface area contributed by atoms with Crippen LogP contribution in [0.15, 0.2) is 10.6 Å². The van der Waals surface area contributed by atoms with Crippen molar-refractivity contribution in [3.63, 3.8) is 0 Å². The number of ether oxygens (including phenoxy) is 1. The number of rotatable bonds is 2. The molecule has 1 aromatic heterocycles. The molecule has 0 bridgehead atoms. The maximum absolute atomic E-state index is 12.5. The molecule has 0 aromatic carbocycles. The van der Waals surface area contributed by atoms with E-state index in [1.165, 1.54) is 0 Å². The van der Waals surface area contributed by atoms with Crippen molar-refractivity contribution in [1.82, 2.24) is 15.0 Å². The van der Waals surface area contributed by atoms with E-state index in [1.54, 1.807) is 11.0 Å². The highest BCUT2D eigenvalue weighted by Crippen LogP contribution is 2.24. The number of hydrogen-bond acceptors (Lipinski definition) is 5. The molecule has 3 amide bonds. The maximum atomic E-state index is 12.5. The van der Waals surface area contributed by atoms with Crippen LogP contribution in [0.4, 0.5) is 10.6 Å². The fourth-order valence-electron chi connectivity index (χ4n) is 3.20. The van der Waals surface area contributed by atoms with Gasteiger partial charge >= 0.3 is 6.03 Å². The second-order valence-electron chi connectivity index (χ2n) is 7.98. The van der Waals surface area contributed by atoms with Crippen molar-refractivity contribution >= 4 is 17.8 Å². The zero-order chi connectivity index (χ0) is 18.7. The lowest BCUT2D eigenvalue weighted by molar-refractivity contribution is -0.135. The molecule has 1 unspecified atom stereocenters. The zero-order valence-corrected chi connectivity index (χ0v) is 15.8. The van der Waals surface area contributed by atoms with E-state index in [-0.39, 0.29) is 23.3 Å². The smallest absolute Gasteiger partial charge is 0.323 e. The van der Waals surface area contributed by atoms with Crippen molar-refractivity contribution in [2.75, 3.05) is 44.7 Å². The van der Waals surface area contributed by atoms with Crippen LogP contribution >= 0.6 is 0 Å². The molecule has 2 aliphatic heterocycles. The van der Waals surface area contributed by atoms with Gasteiger partial charge in [0.2, 0.25) is 5.91 Å². The molecule has 1 aromatic rings. The van der Waals surface area contributed by atoms with Crippen LogP contribution in [0.1, 0.15) is 39.4 Å². The third-order valence-corrected chi connectivity index (χ3v) is 4.86. The first-order chi connectivity index (χ1) is 12.3. The van der Waals surface area contributed by atoms with Crippen LogP contribution in [0.25, 0.3) is 0 Å². The van der Waals surface area contributed by atoms with E-state index >= 15 is 0 Å². The molecule has 2 aliphatic rings. The number of amides is 3. The van der Waals surface area contributed by atoms with Crippen LogP contribution < -0.4 is 5.32 Å². The van der Waals surface area contributed by atoms with Gasteiger partial charge in [-0.25, -0.2) is 4.79 Å². The summed E-state index contributed by atoms with van der Waals surface area (Å²) in [6, 6.07) is 1.54. The number of carbonyl (C=O) groups is 2. The topological polar surface area (TPSA) is 87.9 Å². The summed E-state index contributed by atoms with van der Waals surface area (Å²) < 4.78 is 10.6. The van der Waals surface area contributed by atoms with Crippen molar-refractivity contribution in [2.45, 2.75) is 39.0 Å². The molecular weight excluding hydrogens is 336 g/mol. The van der Waals surface area contributed by atoms with Crippen molar-refractivity contribution in [1.29, 1.82) is 0 Å². The number of carbonyl (C=O) groups excluding carboxylic acids is 2. The lowest BCUT2D eigenvalue weighted by atomic mass is 9.93. The monoisotopic (exact) mass is 364 g/mol. The lowest BCUT2D eigenvalue weighted by Gasteiger charge is -2.24. The van der Waals surface area contributed by atoms with Crippen LogP contribution in [0.3, 0.4) is 0 Å². The molecule has 0 aliphatic carbocycles. The first-order valence-corrected chi connectivity index (χ1v) is 9.24. The Morgan fingerprint density at radius 2 is 1.92 bits per heavy atom. The second-order valence-corrected chi connectivity index (χ2v) is 7.98. The number of nitrogens with zero attached hydrogens (tertiary/aromatic N) is 3. The Balaban J connectivity index is 1.54. The van der Waals surface area contributed by atoms with Gasteiger partial charge in [-0.3, -0.25) is 10.1 Å². The molecule has 1 N–H and O–H groups in total.